The van der Waals surface area contributed by atoms with Gasteiger partial charge in [-0.05, 0) is 20.0 Å². The quantitative estimate of drug-likeness (QED) is 0.577. The number of anilines is 2. The summed E-state index contributed by atoms with van der Waals surface area (Å²) in [6.07, 6.45) is 2.44. The summed E-state index contributed by atoms with van der Waals surface area (Å²) < 4.78 is 0. The number of aromatic nitrogens is 2. The molecule has 0 amide bonds. The number of nitrogens with two attached hydrogens (primary N) is 1. The Kier molecular flexibility index (Phi) is 4.58. The molecule has 0 saturated carbocycles. The van der Waals surface area contributed by atoms with Crippen LogP contribution in [0.3, 0.4) is 0 Å². The fourth-order valence-corrected chi connectivity index (χ4v) is 1.40. The summed E-state index contributed by atoms with van der Waals surface area (Å²) in [5.74, 6) is 0.686. The predicted molar refractivity (Wildman–Crippen MR) is 63.3 cm³/mol. The molecule has 6 heteroatoms. The van der Waals surface area contributed by atoms with Gasteiger partial charge < -0.3 is 16.0 Å². The molecule has 0 bridgehead atoms. The number of hydrogen-bond acceptors (Lipinski definition) is 5. The summed E-state index contributed by atoms with van der Waals surface area (Å²) in [7, 11) is 3.86. The van der Waals surface area contributed by atoms with Crippen LogP contribution in [-0.2, 0) is 0 Å². The van der Waals surface area contributed by atoms with Crippen molar-refractivity contribution in [2.24, 2.45) is 0 Å². The summed E-state index contributed by atoms with van der Waals surface area (Å²) in [4.78, 5) is 9.88. The van der Waals surface area contributed by atoms with Gasteiger partial charge >= 0.3 is 0 Å². The van der Waals surface area contributed by atoms with Gasteiger partial charge in [-0.25, -0.2) is 9.97 Å². The van der Waals surface area contributed by atoms with Gasteiger partial charge in [-0.2, -0.15) is 0 Å². The molecule has 15 heavy (non-hydrogen) atoms. The van der Waals surface area contributed by atoms with Crippen LogP contribution in [0.2, 0.25) is 5.15 Å². The van der Waals surface area contributed by atoms with E-state index >= 15 is 0 Å². The molecule has 0 atom stereocenters. The van der Waals surface area contributed by atoms with Crippen LogP contribution < -0.4 is 16.0 Å². The van der Waals surface area contributed by atoms with Crippen LogP contribution in [0, 0.1) is 0 Å². The van der Waals surface area contributed by atoms with Crippen molar-refractivity contribution in [3.63, 3.8) is 0 Å². The lowest BCUT2D eigenvalue weighted by Crippen LogP contribution is -2.24. The van der Waals surface area contributed by atoms with Crippen LogP contribution >= 0.6 is 11.6 Å². The third kappa shape index (κ3) is 3.21. The molecule has 0 spiro atoms. The molecule has 0 aliphatic heterocycles. The highest BCUT2D eigenvalue weighted by atomic mass is 35.5. The number of nitrogen functional groups attached to an aromatic ring is 1. The zero-order valence-corrected chi connectivity index (χ0v) is 9.75. The zero-order valence-electron chi connectivity index (χ0n) is 9.00. The summed E-state index contributed by atoms with van der Waals surface area (Å²) in [6.45, 7) is 1.83. The molecule has 0 aromatic carbocycles. The van der Waals surface area contributed by atoms with Crippen molar-refractivity contribution < 1.29 is 0 Å². The fourth-order valence-electron chi connectivity index (χ4n) is 1.27. The Hall–Kier alpha value is -1.07. The van der Waals surface area contributed by atoms with E-state index in [1.54, 1.807) is 0 Å². The van der Waals surface area contributed by atoms with Gasteiger partial charge in [-0.15, -0.1) is 0 Å². The van der Waals surface area contributed by atoms with Gasteiger partial charge in [0.05, 0.1) is 0 Å². The molecule has 3 N–H and O–H groups in total. The van der Waals surface area contributed by atoms with Crippen molar-refractivity contribution >= 4 is 23.1 Å². The first-order chi connectivity index (χ1) is 7.16. The van der Waals surface area contributed by atoms with Gasteiger partial charge in [0.2, 0.25) is 0 Å². The van der Waals surface area contributed by atoms with Crippen molar-refractivity contribution in [1.29, 1.82) is 0 Å². The summed E-state index contributed by atoms with van der Waals surface area (Å²) in [6, 6.07) is 0. The van der Waals surface area contributed by atoms with E-state index in [2.05, 4.69) is 15.3 Å². The number of rotatable bonds is 5. The van der Waals surface area contributed by atoms with E-state index in [-0.39, 0.29) is 0 Å². The second kappa shape index (κ2) is 5.72. The largest absolute Gasteiger partial charge is 0.393 e. The molecule has 1 rings (SSSR count). The van der Waals surface area contributed by atoms with Gasteiger partial charge in [0.25, 0.3) is 0 Å². The highest BCUT2D eigenvalue weighted by Crippen LogP contribution is 2.24. The van der Waals surface area contributed by atoms with E-state index in [0.717, 1.165) is 19.5 Å². The number of halogens is 1. The van der Waals surface area contributed by atoms with Gasteiger partial charge in [0.1, 0.15) is 12.0 Å². The van der Waals surface area contributed by atoms with Gasteiger partial charge in [0, 0.05) is 13.6 Å². The lowest BCUT2D eigenvalue weighted by molar-refractivity contribution is 0.709. The van der Waals surface area contributed by atoms with E-state index in [9.17, 15) is 0 Å². The molecule has 5 nitrogen and oxygen atoms in total. The minimum Gasteiger partial charge on any atom is -0.393 e. The fraction of sp³-hybridized carbons (Fsp3) is 0.556. The lowest BCUT2D eigenvalue weighted by atomic mass is 10.3. The molecule has 0 aliphatic carbocycles. The number of nitrogens with zero attached hydrogens (tertiary/aromatic N) is 3. The maximum atomic E-state index is 5.80. The van der Waals surface area contributed by atoms with Crippen LogP contribution in [0.4, 0.5) is 11.5 Å². The lowest BCUT2D eigenvalue weighted by Gasteiger charge is -2.19. The van der Waals surface area contributed by atoms with Crippen molar-refractivity contribution in [3.05, 3.63) is 11.5 Å². The first-order valence-electron chi connectivity index (χ1n) is 4.78. The van der Waals surface area contributed by atoms with Crippen LogP contribution in [0.25, 0.3) is 0 Å². The average molecular weight is 230 g/mol. The first kappa shape index (κ1) is 12.0. The van der Waals surface area contributed by atoms with E-state index in [1.165, 1.54) is 6.33 Å². The third-order valence-electron chi connectivity index (χ3n) is 2.10. The Labute approximate surface area is 94.6 Å². The van der Waals surface area contributed by atoms with Crippen molar-refractivity contribution in [1.82, 2.24) is 15.3 Å². The average Bonchev–Trinajstić information content (AvgIpc) is 2.22. The molecular weight excluding hydrogens is 214 g/mol. The van der Waals surface area contributed by atoms with Gasteiger partial charge in [0.15, 0.2) is 11.0 Å². The van der Waals surface area contributed by atoms with Crippen LogP contribution in [0.5, 0.6) is 0 Å². The molecule has 1 aromatic rings. The summed E-state index contributed by atoms with van der Waals surface area (Å²) in [5, 5.41) is 3.39. The van der Waals surface area contributed by atoms with Crippen molar-refractivity contribution in [2.45, 2.75) is 6.42 Å². The number of nitrogens with one attached hydrogen (secondary N) is 1. The van der Waals surface area contributed by atoms with E-state index in [1.807, 2.05) is 19.0 Å². The van der Waals surface area contributed by atoms with Crippen LogP contribution in [0.15, 0.2) is 6.33 Å². The molecular formula is C9H16ClN5. The molecule has 0 fully saturated rings. The molecule has 0 radical (unpaired) electrons. The van der Waals surface area contributed by atoms with Crippen molar-refractivity contribution in [2.75, 3.05) is 37.8 Å². The first-order valence-corrected chi connectivity index (χ1v) is 5.16. The Balaban J connectivity index is 2.65. The Bertz CT molecular complexity index is 317. The van der Waals surface area contributed by atoms with Gasteiger partial charge in [-0.1, -0.05) is 11.6 Å². The van der Waals surface area contributed by atoms with Crippen molar-refractivity contribution in [3.8, 4) is 0 Å². The summed E-state index contributed by atoms with van der Waals surface area (Å²) in [5.41, 5.74) is 6.21. The van der Waals surface area contributed by atoms with E-state index in [0.29, 0.717) is 16.7 Å². The molecule has 1 heterocycles. The summed E-state index contributed by atoms with van der Waals surface area (Å²) >= 11 is 5.80. The second-order valence-corrected chi connectivity index (χ2v) is 3.64. The van der Waals surface area contributed by atoms with E-state index in [4.69, 9.17) is 17.3 Å². The Morgan fingerprint density at radius 1 is 1.53 bits per heavy atom. The number of hydrogen-bond donors (Lipinski definition) is 2. The SMILES string of the molecule is CNCCCN(C)c1ncnc(Cl)c1N. The normalized spacial score (nSPS) is 10.3. The van der Waals surface area contributed by atoms with Gasteiger partial charge in [-0.3, -0.25) is 0 Å². The monoisotopic (exact) mass is 229 g/mol. The van der Waals surface area contributed by atoms with Crippen LogP contribution in [-0.4, -0.2) is 37.2 Å². The maximum absolute atomic E-state index is 5.80. The highest BCUT2D eigenvalue weighted by Gasteiger charge is 2.09. The topological polar surface area (TPSA) is 67.1 Å². The third-order valence-corrected chi connectivity index (χ3v) is 2.40. The highest BCUT2D eigenvalue weighted by molar-refractivity contribution is 6.32. The Morgan fingerprint density at radius 2 is 2.27 bits per heavy atom. The molecule has 0 aliphatic rings. The predicted octanol–water partition coefficient (Wildman–Crippen LogP) is 0.758. The smallest absolute Gasteiger partial charge is 0.157 e. The minimum atomic E-state index is 0.306. The standard InChI is InChI=1S/C9H16ClN5/c1-12-4-3-5-15(2)9-7(11)8(10)13-6-14-9/h6,12H,3-5,11H2,1-2H3. The molecule has 0 saturated heterocycles. The molecule has 1 aromatic heterocycles. The van der Waals surface area contributed by atoms with E-state index < -0.39 is 0 Å². The molecule has 84 valence electrons. The van der Waals surface area contributed by atoms with Crippen LogP contribution in [0.1, 0.15) is 6.42 Å². The molecule has 0 unspecified atom stereocenters. The maximum Gasteiger partial charge on any atom is 0.157 e. The second-order valence-electron chi connectivity index (χ2n) is 3.28. The minimum absolute atomic E-state index is 0.306. The zero-order chi connectivity index (χ0) is 11.3. The Morgan fingerprint density at radius 3 is 2.93 bits per heavy atom.